The van der Waals surface area contributed by atoms with Crippen LogP contribution in [-0.4, -0.2) is 29.3 Å². The van der Waals surface area contributed by atoms with E-state index < -0.39 is 11.9 Å². The van der Waals surface area contributed by atoms with Crippen LogP contribution in [0.1, 0.15) is 59.4 Å². The summed E-state index contributed by atoms with van der Waals surface area (Å²) < 4.78 is 17.6. The van der Waals surface area contributed by atoms with E-state index in [4.69, 9.17) is 13.9 Å². The smallest absolute Gasteiger partial charge is 0.297 e. The summed E-state index contributed by atoms with van der Waals surface area (Å²) in [7, 11) is 0. The number of rotatable bonds is 8. The molecule has 1 aliphatic heterocycles. The second kappa shape index (κ2) is 9.58. The Morgan fingerprint density at radius 2 is 1.94 bits per heavy atom. The predicted octanol–water partition coefficient (Wildman–Crippen LogP) is 5.48. The summed E-state index contributed by atoms with van der Waals surface area (Å²) >= 11 is 1.32. The third-order valence-corrected chi connectivity index (χ3v) is 7.07. The van der Waals surface area contributed by atoms with Crippen LogP contribution >= 0.6 is 11.3 Å². The standard InChI is InChI=1S/C27H25N3O5S/c1-5-13-34-19-12-11-16(14-20(19)33-6-2)22-21-23(31)17-9-7-8-10-18(17)35-24(21)26(32)30(22)27-29-28-25(36-27)15(3)4/h5,7-12,14-15,22H,1,6,13H2,2-4H3/t22-/m1/s1. The SMILES string of the molecule is C=CCOc1ccc([C@@H]2c3c(oc4ccccc4c3=O)C(=O)N2c2nnc(C(C)C)s2)cc1OCC. The number of carbonyl (C=O) groups excluding carboxylic acids is 1. The van der Waals surface area contributed by atoms with Crippen molar-refractivity contribution in [3.05, 3.63) is 87.2 Å². The van der Waals surface area contributed by atoms with Crippen molar-refractivity contribution in [2.45, 2.75) is 32.7 Å². The van der Waals surface area contributed by atoms with E-state index in [1.165, 1.54) is 16.2 Å². The molecule has 1 atom stereocenters. The average Bonchev–Trinajstić information content (AvgIpc) is 3.47. The Labute approximate surface area is 211 Å². The summed E-state index contributed by atoms with van der Waals surface area (Å²) in [6, 6.07) is 11.5. The molecule has 3 heterocycles. The molecule has 8 nitrogen and oxygen atoms in total. The molecule has 0 bridgehead atoms. The van der Waals surface area contributed by atoms with E-state index in [-0.39, 0.29) is 22.7 Å². The molecule has 1 aliphatic rings. The second-order valence-corrected chi connectivity index (χ2v) is 9.55. The number of hydrogen-bond acceptors (Lipinski definition) is 8. The van der Waals surface area contributed by atoms with Gasteiger partial charge in [0.25, 0.3) is 5.91 Å². The molecule has 2 aromatic heterocycles. The molecule has 2 aromatic carbocycles. The topological polar surface area (TPSA) is 94.8 Å². The van der Waals surface area contributed by atoms with Crippen LogP contribution in [0, 0.1) is 0 Å². The van der Waals surface area contributed by atoms with Gasteiger partial charge in [0.15, 0.2) is 16.9 Å². The Balaban J connectivity index is 1.73. The van der Waals surface area contributed by atoms with Gasteiger partial charge in [0.05, 0.1) is 23.6 Å². The van der Waals surface area contributed by atoms with Crippen LogP contribution in [0.4, 0.5) is 5.13 Å². The Bertz CT molecular complexity index is 1520. The quantitative estimate of drug-likeness (QED) is 0.294. The van der Waals surface area contributed by atoms with E-state index in [1.54, 1.807) is 42.5 Å². The second-order valence-electron chi connectivity index (χ2n) is 8.56. The summed E-state index contributed by atoms with van der Waals surface area (Å²) in [5.74, 6) is 0.760. The lowest BCUT2D eigenvalue weighted by atomic mass is 9.98. The van der Waals surface area contributed by atoms with Crippen LogP contribution in [-0.2, 0) is 0 Å². The van der Waals surface area contributed by atoms with E-state index in [2.05, 4.69) is 16.8 Å². The zero-order chi connectivity index (χ0) is 25.4. The molecule has 5 rings (SSSR count). The van der Waals surface area contributed by atoms with Gasteiger partial charge in [0.2, 0.25) is 10.9 Å². The van der Waals surface area contributed by atoms with Crippen molar-refractivity contribution >= 4 is 33.3 Å². The van der Waals surface area contributed by atoms with Gasteiger partial charge in [-0.1, -0.05) is 56.0 Å². The van der Waals surface area contributed by atoms with Crippen LogP contribution in [0.2, 0.25) is 0 Å². The van der Waals surface area contributed by atoms with Gasteiger partial charge in [-0.3, -0.25) is 14.5 Å². The minimum Gasteiger partial charge on any atom is -0.490 e. The zero-order valence-corrected chi connectivity index (χ0v) is 21.0. The summed E-state index contributed by atoms with van der Waals surface area (Å²) in [5, 5.41) is 10.2. The Kier molecular flexibility index (Phi) is 6.32. The molecule has 4 aromatic rings. The molecule has 36 heavy (non-hydrogen) atoms. The number of ether oxygens (including phenoxy) is 2. The molecule has 0 unspecified atom stereocenters. The van der Waals surface area contributed by atoms with E-state index in [1.807, 2.05) is 26.8 Å². The van der Waals surface area contributed by atoms with Gasteiger partial charge in [0, 0.05) is 5.92 Å². The van der Waals surface area contributed by atoms with E-state index >= 15 is 0 Å². The molecule has 0 saturated carbocycles. The lowest BCUT2D eigenvalue weighted by Gasteiger charge is -2.23. The van der Waals surface area contributed by atoms with Crippen LogP contribution in [0.3, 0.4) is 0 Å². The van der Waals surface area contributed by atoms with Crippen molar-refractivity contribution in [3.63, 3.8) is 0 Å². The van der Waals surface area contributed by atoms with Crippen LogP contribution < -0.4 is 19.8 Å². The monoisotopic (exact) mass is 503 g/mol. The van der Waals surface area contributed by atoms with Crippen LogP contribution in [0.5, 0.6) is 11.5 Å². The minimum atomic E-state index is -0.769. The number of hydrogen-bond donors (Lipinski definition) is 0. The highest BCUT2D eigenvalue weighted by atomic mass is 32.1. The first-order valence-electron chi connectivity index (χ1n) is 11.7. The van der Waals surface area contributed by atoms with Crippen molar-refractivity contribution in [2.75, 3.05) is 18.1 Å². The number of anilines is 1. The fourth-order valence-corrected chi connectivity index (χ4v) is 5.09. The normalized spacial score (nSPS) is 14.9. The summed E-state index contributed by atoms with van der Waals surface area (Å²) in [6.45, 7) is 10.3. The lowest BCUT2D eigenvalue weighted by molar-refractivity contribution is 0.0970. The van der Waals surface area contributed by atoms with E-state index in [0.717, 1.165) is 5.01 Å². The molecule has 1 amide bonds. The highest BCUT2D eigenvalue weighted by Crippen LogP contribution is 2.44. The van der Waals surface area contributed by atoms with Crippen molar-refractivity contribution < 1.29 is 18.7 Å². The van der Waals surface area contributed by atoms with Gasteiger partial charge in [0.1, 0.15) is 17.2 Å². The first kappa shape index (κ1) is 23.7. The zero-order valence-electron chi connectivity index (χ0n) is 20.2. The van der Waals surface area contributed by atoms with Crippen molar-refractivity contribution in [1.29, 1.82) is 0 Å². The molecule has 0 radical (unpaired) electrons. The van der Waals surface area contributed by atoms with Gasteiger partial charge in [-0.25, -0.2) is 0 Å². The number of carbonyl (C=O) groups is 1. The average molecular weight is 504 g/mol. The molecule has 0 N–H and O–H groups in total. The Morgan fingerprint density at radius 1 is 1.14 bits per heavy atom. The number of amides is 1. The van der Waals surface area contributed by atoms with Crippen LogP contribution in [0.15, 0.2) is 64.3 Å². The fraction of sp³-hybridized carbons (Fsp3) is 0.259. The molecule has 184 valence electrons. The number of para-hydroxylation sites is 1. The Morgan fingerprint density at radius 3 is 2.67 bits per heavy atom. The van der Waals surface area contributed by atoms with Crippen molar-refractivity contribution in [1.82, 2.24) is 10.2 Å². The highest BCUT2D eigenvalue weighted by molar-refractivity contribution is 7.15. The maximum atomic E-state index is 13.7. The largest absolute Gasteiger partial charge is 0.490 e. The summed E-state index contributed by atoms with van der Waals surface area (Å²) in [4.78, 5) is 29.0. The molecule has 0 saturated heterocycles. The first-order chi connectivity index (χ1) is 17.4. The molecule has 0 aliphatic carbocycles. The van der Waals surface area contributed by atoms with Gasteiger partial charge in [-0.15, -0.1) is 10.2 Å². The van der Waals surface area contributed by atoms with Crippen LogP contribution in [0.25, 0.3) is 11.0 Å². The first-order valence-corrected chi connectivity index (χ1v) is 12.5. The minimum absolute atomic E-state index is 0.00920. The fourth-order valence-electron chi connectivity index (χ4n) is 4.22. The Hall–Kier alpha value is -3.98. The summed E-state index contributed by atoms with van der Waals surface area (Å²) in [5.41, 5.74) is 1.03. The van der Waals surface area contributed by atoms with Gasteiger partial charge >= 0.3 is 0 Å². The number of nitrogens with zero attached hydrogens (tertiary/aromatic N) is 3. The number of aromatic nitrogens is 2. The number of benzene rings is 2. The van der Waals surface area contributed by atoms with Gasteiger partial charge in [-0.05, 0) is 36.8 Å². The van der Waals surface area contributed by atoms with E-state index in [9.17, 15) is 9.59 Å². The third kappa shape index (κ3) is 3.95. The number of fused-ring (bicyclic) bond motifs is 2. The molecule has 0 fully saturated rings. The van der Waals surface area contributed by atoms with Crippen molar-refractivity contribution in [2.24, 2.45) is 0 Å². The highest BCUT2D eigenvalue weighted by Gasteiger charge is 2.45. The van der Waals surface area contributed by atoms with Gasteiger partial charge < -0.3 is 13.9 Å². The van der Waals surface area contributed by atoms with Gasteiger partial charge in [-0.2, -0.15) is 0 Å². The molecular weight excluding hydrogens is 478 g/mol. The predicted molar refractivity (Wildman–Crippen MR) is 138 cm³/mol. The van der Waals surface area contributed by atoms with E-state index in [0.29, 0.717) is 46.4 Å². The molecular formula is C27H25N3O5S. The molecule has 0 spiro atoms. The summed E-state index contributed by atoms with van der Waals surface area (Å²) in [6.07, 6.45) is 1.65. The maximum Gasteiger partial charge on any atom is 0.297 e. The maximum absolute atomic E-state index is 13.7. The van der Waals surface area contributed by atoms with Crippen molar-refractivity contribution in [3.8, 4) is 11.5 Å². The lowest BCUT2D eigenvalue weighted by Crippen LogP contribution is -2.29. The third-order valence-electron chi connectivity index (χ3n) is 5.85. The molecule has 9 heteroatoms.